The Bertz CT molecular complexity index is 5970. The number of rotatable bonds is 16. The number of alkyl halides is 6. The average Bonchev–Trinajstić information content (AvgIpc) is 1.56. The van der Waals surface area contributed by atoms with Gasteiger partial charge in [-0.15, -0.1) is 0 Å². The van der Waals surface area contributed by atoms with E-state index in [1.54, 1.807) is 126 Å². The molecular weight excluding hydrogens is 1540 g/mol. The van der Waals surface area contributed by atoms with Crippen molar-refractivity contribution < 1.29 is 40.7 Å². The number of halogens is 6. The zero-order valence-corrected chi connectivity index (χ0v) is 69.7. The van der Waals surface area contributed by atoms with Crippen molar-refractivity contribution in [3.8, 4) is 67.5 Å². The summed E-state index contributed by atoms with van der Waals surface area (Å²) in [6.07, 6.45) is 7.08. The summed E-state index contributed by atoms with van der Waals surface area (Å²) in [6, 6.07) is 20.4. The van der Waals surface area contributed by atoms with E-state index < -0.39 is 31.4 Å². The lowest BCUT2D eigenvalue weighted by molar-refractivity contribution is -0.136. The number of piperidine rings is 3. The minimum atomic E-state index is -2.72. The number of likely N-dealkylation sites (N-methyl/N-ethyl adjacent to an activating group) is 3. The summed E-state index contributed by atoms with van der Waals surface area (Å²) >= 11 is 0. The standard InChI is InChI=1S/C30H34F2N8O.C30H33F2N7O.C29H33F2N7O/c1-17-30(41)37(4)16-25-27(36-29(40(17)25)19-9-11-39(12-10-19)18(2)33-3)21-7-6-8-24-22(21)13-23(28(31)32)26(35-24)20-14-34-38(5)15-20;1-17(2)38-11-9-19(10-12-38)29-35-27(25-16-36(4)30(40)18(3)39(25)29)21-7-6-8-24-22(21)13-23(28(31)32)26(34-24)20-14-33-37(5)15-20;1-5-37-11-9-18(10-12-37)28-34-26(24-16-35(3)29(39)17(2)38(24)28)20-7-6-8-23-21(20)13-22(27(30)31)25(33-23)19-14-32-36(4)15-19/h6-8,13-15,17,19,28,33H,2,9-12,16H2,1,3-5H3;6-8,13-15,18-19,28H,1,9-12,16H2,2-5H3;6-8,13-15,17-18,27H,5,9-12,16H2,1-4H3. The number of carbonyl (C=O) groups excluding carboxylic acids is 3. The Kier molecular flexibility index (Phi) is 22.4. The molecule has 12 aromatic rings. The number of benzene rings is 3. The molecule has 3 unspecified atom stereocenters. The van der Waals surface area contributed by atoms with E-state index in [2.05, 4.69) is 69.1 Å². The third-order valence-electron chi connectivity index (χ3n) is 25.0. The Morgan fingerprint density at radius 2 is 0.742 bits per heavy atom. The average molecular weight is 1640 g/mol. The topological polar surface area (TPSA) is 228 Å². The van der Waals surface area contributed by atoms with Gasteiger partial charge in [0.05, 0.1) is 112 Å². The Morgan fingerprint density at radius 1 is 0.442 bits per heavy atom. The summed E-state index contributed by atoms with van der Waals surface area (Å²) < 4.78 is 97.4. The van der Waals surface area contributed by atoms with Crippen molar-refractivity contribution in [3.63, 3.8) is 0 Å². The number of aromatic nitrogens is 15. The van der Waals surface area contributed by atoms with Gasteiger partial charge < -0.3 is 48.4 Å². The minimum absolute atomic E-state index is 0.0318. The molecule has 0 radical (unpaired) electrons. The van der Waals surface area contributed by atoms with Crippen molar-refractivity contribution in [1.29, 1.82) is 0 Å². The van der Waals surface area contributed by atoms with Gasteiger partial charge in [-0.2, -0.15) is 15.3 Å². The minimum Gasteiger partial charge on any atom is -0.375 e. The lowest BCUT2D eigenvalue weighted by atomic mass is 9.95. The second-order valence-corrected chi connectivity index (χ2v) is 32.7. The van der Waals surface area contributed by atoms with Gasteiger partial charge in [-0.25, -0.2) is 56.2 Å². The number of pyridine rings is 3. The van der Waals surface area contributed by atoms with Crippen molar-refractivity contribution in [2.24, 2.45) is 21.1 Å². The van der Waals surface area contributed by atoms with Crippen LogP contribution in [0.1, 0.15) is 180 Å². The van der Waals surface area contributed by atoms with Gasteiger partial charge in [0.25, 0.3) is 19.3 Å². The van der Waals surface area contributed by atoms with Crippen LogP contribution in [-0.4, -0.2) is 194 Å². The van der Waals surface area contributed by atoms with Gasteiger partial charge >= 0.3 is 0 Å². The highest BCUT2D eigenvalue weighted by Gasteiger charge is 2.42. The van der Waals surface area contributed by atoms with Crippen LogP contribution in [0.3, 0.4) is 0 Å². The maximum absolute atomic E-state index is 14.4. The number of fused-ring (bicyclic) bond motifs is 6. The van der Waals surface area contributed by atoms with Crippen LogP contribution >= 0.6 is 0 Å². The molecule has 3 saturated heterocycles. The Hall–Kier alpha value is -12.0. The predicted molar refractivity (Wildman–Crippen MR) is 448 cm³/mol. The quantitative estimate of drug-likeness (QED) is 0.0887. The summed E-state index contributed by atoms with van der Waals surface area (Å²) in [5, 5.41) is 17.4. The Morgan fingerprint density at radius 3 is 1.01 bits per heavy atom. The van der Waals surface area contributed by atoms with Crippen molar-refractivity contribution in [3.05, 3.63) is 186 Å². The van der Waals surface area contributed by atoms with Crippen LogP contribution in [0, 0.1) is 0 Å². The molecule has 3 aromatic carbocycles. The number of hydrogen-bond donors (Lipinski definition) is 1. The van der Waals surface area contributed by atoms with E-state index in [-0.39, 0.29) is 75.3 Å². The number of allylic oxidation sites excluding steroid dienone is 1. The molecule has 3 amide bonds. The monoisotopic (exact) mass is 1640 g/mol. The van der Waals surface area contributed by atoms with E-state index in [9.17, 15) is 40.7 Å². The molecule has 0 spiro atoms. The fraction of sp³-hybridized carbons (Fsp3) is 0.416. The first-order valence-corrected chi connectivity index (χ1v) is 41.0. The first-order valence-electron chi connectivity index (χ1n) is 41.0. The largest absolute Gasteiger partial charge is 0.375 e. The lowest BCUT2D eigenvalue weighted by Crippen LogP contribution is -2.41. The number of amides is 3. The van der Waals surface area contributed by atoms with Crippen LogP contribution in [0.4, 0.5) is 26.3 Å². The number of likely N-dealkylation sites (tertiary alicyclic amines) is 3. The molecule has 18 rings (SSSR count). The number of imidazole rings is 3. The first-order chi connectivity index (χ1) is 57.6. The number of aryl methyl sites for hydroxylation is 3. The second-order valence-electron chi connectivity index (χ2n) is 32.7. The van der Waals surface area contributed by atoms with Gasteiger partial charge in [0.1, 0.15) is 35.6 Å². The molecule has 0 bridgehead atoms. The Balaban J connectivity index is 0.000000134. The fourth-order valence-corrected chi connectivity index (χ4v) is 18.6. The number of nitrogens with one attached hydrogen (secondary N) is 1. The van der Waals surface area contributed by atoms with Crippen molar-refractivity contribution in [2.45, 2.75) is 148 Å². The summed E-state index contributed by atoms with van der Waals surface area (Å²) in [4.78, 5) is 81.0. The molecule has 31 heteroatoms. The molecule has 6 aliphatic rings. The van der Waals surface area contributed by atoms with Crippen LogP contribution in [-0.2, 0) is 55.2 Å². The van der Waals surface area contributed by atoms with Gasteiger partial charge in [0.15, 0.2) is 0 Å². The molecule has 6 aliphatic heterocycles. The van der Waals surface area contributed by atoms with E-state index in [4.69, 9.17) is 29.9 Å². The van der Waals surface area contributed by atoms with Crippen LogP contribution in [0.5, 0.6) is 0 Å². The summed E-state index contributed by atoms with van der Waals surface area (Å²) in [6.45, 7) is 25.8. The van der Waals surface area contributed by atoms with Gasteiger partial charge in [-0.3, -0.25) is 28.4 Å². The molecule has 3 atom stereocenters. The van der Waals surface area contributed by atoms with Gasteiger partial charge in [-0.05, 0) is 122 Å². The normalized spacial score (nSPS) is 18.3. The summed E-state index contributed by atoms with van der Waals surface area (Å²) in [5.74, 6) is 4.30. The molecule has 0 saturated carbocycles. The molecule has 120 heavy (non-hydrogen) atoms. The molecule has 15 heterocycles. The highest BCUT2D eigenvalue weighted by molar-refractivity contribution is 6.00. The highest BCUT2D eigenvalue weighted by atomic mass is 19.3. The van der Waals surface area contributed by atoms with Gasteiger partial charge in [-0.1, -0.05) is 56.5 Å². The van der Waals surface area contributed by atoms with E-state index >= 15 is 0 Å². The second kappa shape index (κ2) is 32.9. The summed E-state index contributed by atoms with van der Waals surface area (Å²) in [7, 11) is 12.5. The van der Waals surface area contributed by atoms with E-state index in [1.165, 1.54) is 0 Å². The molecule has 0 aliphatic carbocycles. The van der Waals surface area contributed by atoms with Gasteiger partial charge in [0, 0.05) is 184 Å². The summed E-state index contributed by atoms with van der Waals surface area (Å²) in [5.41, 5.74) is 12.0. The number of carbonyl (C=O) groups is 3. The van der Waals surface area contributed by atoms with Crippen molar-refractivity contribution >= 4 is 50.4 Å². The van der Waals surface area contributed by atoms with E-state index in [0.29, 0.717) is 69.0 Å². The maximum Gasteiger partial charge on any atom is 0.265 e. The fourth-order valence-electron chi connectivity index (χ4n) is 18.6. The SMILES string of the molecule is C=C(C)N1CCC(c2nc(-c3cccc4nc(-c5cnn(C)c5)c(C(F)F)cc34)c3n2C(C)C(=O)N(C)C3)CC1.C=C(NC)N1CCC(c2nc(-c3cccc4nc(-c5cnn(C)c5)c(C(F)F)cc34)c3n2C(C)C(=O)N(C)C3)CC1.CCN1CCC(c2nc(-c3cccc4nc(-c5cnn(C)c5)c(C(F)F)cc34)c3n2C(C)C(=O)N(C)C3)CC1. The molecule has 9 aromatic heterocycles. The highest BCUT2D eigenvalue weighted by Crippen LogP contribution is 2.47. The molecule has 3 fully saturated rings. The number of hydrogen-bond acceptors (Lipinski definition) is 16. The van der Waals surface area contributed by atoms with E-state index in [1.807, 2.05) is 89.3 Å². The third-order valence-corrected chi connectivity index (χ3v) is 25.0. The molecule has 25 nitrogen and oxygen atoms in total. The van der Waals surface area contributed by atoms with Crippen LogP contribution < -0.4 is 5.32 Å². The van der Waals surface area contributed by atoms with Gasteiger partial charge in [0.2, 0.25) is 17.7 Å². The van der Waals surface area contributed by atoms with E-state index in [0.717, 1.165) is 164 Å². The lowest BCUT2D eigenvalue weighted by Gasteiger charge is -2.36. The molecule has 1 N–H and O–H groups in total. The smallest absolute Gasteiger partial charge is 0.265 e. The van der Waals surface area contributed by atoms with Crippen molar-refractivity contribution in [2.75, 3.05) is 74.0 Å². The predicted octanol–water partition coefficient (Wildman–Crippen LogP) is 15.7. The molecular formula is C89H100F6N22O3. The van der Waals surface area contributed by atoms with Crippen LogP contribution in [0.2, 0.25) is 0 Å². The van der Waals surface area contributed by atoms with Crippen LogP contribution in [0.25, 0.3) is 100 Å². The van der Waals surface area contributed by atoms with Crippen molar-refractivity contribution in [1.82, 2.24) is 108 Å². The maximum atomic E-state index is 14.4. The zero-order valence-electron chi connectivity index (χ0n) is 69.7. The zero-order chi connectivity index (χ0) is 84.7. The number of nitrogens with zero attached hydrogens (tertiary/aromatic N) is 21. The third kappa shape index (κ3) is 15.0. The first kappa shape index (κ1) is 81.7. The Labute approximate surface area is 692 Å². The van der Waals surface area contributed by atoms with Crippen LogP contribution in [0.15, 0.2) is 135 Å². The molecule has 626 valence electrons.